The number of allylic oxidation sites excluding steroid dienone is 1. The van der Waals surface area contributed by atoms with Crippen molar-refractivity contribution in [2.24, 2.45) is 4.99 Å². The molecule has 0 unspecified atom stereocenters. The zero-order chi connectivity index (χ0) is 28.0. The van der Waals surface area contributed by atoms with Crippen molar-refractivity contribution in [2.45, 2.75) is 32.7 Å². The predicted molar refractivity (Wildman–Crippen MR) is 157 cm³/mol. The number of halogens is 1. The van der Waals surface area contributed by atoms with E-state index in [0.717, 1.165) is 5.56 Å². The van der Waals surface area contributed by atoms with E-state index in [4.69, 9.17) is 26.1 Å². The first-order chi connectivity index (χ1) is 19.3. The van der Waals surface area contributed by atoms with Gasteiger partial charge in [-0.05, 0) is 53.8 Å². The molecule has 1 amide bonds. The van der Waals surface area contributed by atoms with Crippen LogP contribution in [-0.2, 0) is 4.79 Å². The number of amides is 1. The van der Waals surface area contributed by atoms with E-state index in [1.165, 1.54) is 16.9 Å². The maximum Gasteiger partial charge on any atom is 0.271 e. The van der Waals surface area contributed by atoms with Crippen LogP contribution in [0, 0.1) is 0 Å². The highest BCUT2D eigenvalue weighted by molar-refractivity contribution is 7.07. The van der Waals surface area contributed by atoms with Gasteiger partial charge in [0.2, 0.25) is 6.79 Å². The zero-order valence-corrected chi connectivity index (χ0v) is 23.7. The fourth-order valence-corrected chi connectivity index (χ4v) is 6.14. The first-order valence-electron chi connectivity index (χ1n) is 12.9. The minimum absolute atomic E-state index is 0.125. The van der Waals surface area contributed by atoms with Gasteiger partial charge in [0.15, 0.2) is 16.3 Å². The zero-order valence-electron chi connectivity index (χ0n) is 22.1. The van der Waals surface area contributed by atoms with E-state index in [1.54, 1.807) is 29.7 Å². The van der Waals surface area contributed by atoms with E-state index < -0.39 is 6.04 Å². The Morgan fingerprint density at radius 3 is 2.50 bits per heavy atom. The molecule has 1 atom stereocenters. The van der Waals surface area contributed by atoms with E-state index in [0.29, 0.717) is 54.3 Å². The van der Waals surface area contributed by atoms with Gasteiger partial charge < -0.3 is 14.8 Å². The summed E-state index contributed by atoms with van der Waals surface area (Å²) in [7, 11) is 0. The normalized spacial score (nSPS) is 16.2. The van der Waals surface area contributed by atoms with Crippen molar-refractivity contribution >= 4 is 40.6 Å². The molecular formula is C31H26ClN3O4S. The van der Waals surface area contributed by atoms with Gasteiger partial charge in [-0.15, -0.1) is 0 Å². The maximum atomic E-state index is 14.0. The summed E-state index contributed by atoms with van der Waals surface area (Å²) in [6, 6.07) is 20.1. The topological polar surface area (TPSA) is 81.9 Å². The van der Waals surface area contributed by atoms with Gasteiger partial charge in [-0.25, -0.2) is 4.99 Å². The molecule has 0 saturated carbocycles. The monoisotopic (exact) mass is 571 g/mol. The highest BCUT2D eigenvalue weighted by Gasteiger charge is 2.32. The molecule has 2 aliphatic rings. The largest absolute Gasteiger partial charge is 0.454 e. The Hall–Kier alpha value is -4.14. The fourth-order valence-electron chi connectivity index (χ4n) is 4.90. The first kappa shape index (κ1) is 26.1. The van der Waals surface area contributed by atoms with E-state index in [-0.39, 0.29) is 18.3 Å². The number of anilines is 1. The molecule has 0 saturated heterocycles. The Bertz CT molecular complexity index is 1840. The SMILES string of the molecule is CC1=C(C(=O)Nc2ccccc2)[C@H](c2ccc(C(C)C)cc2)n2c(s/c(=C\c3cc4c(cc3Cl)OCO4)c2=O)=N1. The number of para-hydroxylation sites is 1. The standard InChI is InChI=1S/C31H26ClN3O4S/c1-17(2)19-9-11-20(12-10-19)28-27(29(36)34-22-7-5-4-6-8-22)18(3)33-31-35(28)30(37)26(40-31)14-21-13-24-25(15-23(21)32)39-16-38-24/h4-15,17,28H,16H2,1-3H3,(H,34,36)/b26-14-/t28-/m0/s1. The van der Waals surface area contributed by atoms with Crippen LogP contribution in [0.2, 0.25) is 5.02 Å². The quantitative estimate of drug-likeness (QED) is 0.349. The number of nitrogens with one attached hydrogen (secondary N) is 1. The summed E-state index contributed by atoms with van der Waals surface area (Å²) in [6.07, 6.45) is 1.73. The molecule has 0 fully saturated rings. The summed E-state index contributed by atoms with van der Waals surface area (Å²) >= 11 is 7.77. The maximum absolute atomic E-state index is 14.0. The van der Waals surface area contributed by atoms with Gasteiger partial charge in [-0.3, -0.25) is 14.2 Å². The summed E-state index contributed by atoms with van der Waals surface area (Å²) in [4.78, 5) is 32.9. The number of carbonyl (C=O) groups is 1. The molecule has 0 spiro atoms. The van der Waals surface area contributed by atoms with Crippen LogP contribution in [-0.4, -0.2) is 17.3 Å². The van der Waals surface area contributed by atoms with Crippen LogP contribution < -0.4 is 29.7 Å². The number of hydrogen-bond donors (Lipinski definition) is 1. The molecule has 0 radical (unpaired) electrons. The van der Waals surface area contributed by atoms with Crippen molar-refractivity contribution < 1.29 is 14.3 Å². The summed E-state index contributed by atoms with van der Waals surface area (Å²) in [5.41, 5.74) is 4.01. The molecule has 9 heteroatoms. The molecule has 3 aromatic carbocycles. The number of fused-ring (bicyclic) bond motifs is 2. The second-order valence-electron chi connectivity index (χ2n) is 9.95. The van der Waals surface area contributed by atoms with Crippen LogP contribution in [0.4, 0.5) is 5.69 Å². The number of rotatable bonds is 5. The van der Waals surface area contributed by atoms with Gasteiger partial charge in [-0.1, -0.05) is 79.2 Å². The Labute approximate surface area is 239 Å². The number of benzene rings is 3. The number of aromatic nitrogens is 1. The third-order valence-corrected chi connectivity index (χ3v) is 8.31. The third-order valence-electron chi connectivity index (χ3n) is 7.00. The average molecular weight is 572 g/mol. The van der Waals surface area contributed by atoms with Gasteiger partial charge in [0.05, 0.1) is 26.9 Å². The van der Waals surface area contributed by atoms with Crippen LogP contribution in [0.25, 0.3) is 6.08 Å². The van der Waals surface area contributed by atoms with Crippen molar-refractivity contribution in [3.63, 3.8) is 0 Å². The van der Waals surface area contributed by atoms with Gasteiger partial charge in [0.25, 0.3) is 11.5 Å². The lowest BCUT2D eigenvalue weighted by atomic mass is 9.93. The molecule has 0 aliphatic carbocycles. The van der Waals surface area contributed by atoms with Crippen LogP contribution in [0.15, 0.2) is 87.8 Å². The summed E-state index contributed by atoms with van der Waals surface area (Å²) in [5.74, 6) is 1.18. The van der Waals surface area contributed by atoms with Gasteiger partial charge in [-0.2, -0.15) is 0 Å². The van der Waals surface area contributed by atoms with Crippen molar-refractivity contribution in [3.8, 4) is 11.5 Å². The van der Waals surface area contributed by atoms with Crippen LogP contribution in [0.3, 0.4) is 0 Å². The lowest BCUT2D eigenvalue weighted by Crippen LogP contribution is -2.40. The minimum Gasteiger partial charge on any atom is -0.454 e. The molecule has 40 heavy (non-hydrogen) atoms. The molecular weight excluding hydrogens is 546 g/mol. The van der Waals surface area contributed by atoms with Crippen molar-refractivity contribution in [3.05, 3.63) is 119 Å². The van der Waals surface area contributed by atoms with E-state index in [2.05, 4.69) is 19.2 Å². The summed E-state index contributed by atoms with van der Waals surface area (Å²) in [5, 5.41) is 3.42. The first-order valence-corrected chi connectivity index (χ1v) is 14.1. The average Bonchev–Trinajstić information content (AvgIpc) is 3.51. The van der Waals surface area contributed by atoms with Gasteiger partial charge in [0.1, 0.15) is 0 Å². The fraction of sp³-hybridized carbons (Fsp3) is 0.194. The predicted octanol–water partition coefficient (Wildman–Crippen LogP) is 5.38. The van der Waals surface area contributed by atoms with E-state index >= 15 is 0 Å². The number of nitrogens with zero attached hydrogens (tertiary/aromatic N) is 2. The number of thiazole rings is 1. The van der Waals surface area contributed by atoms with Crippen LogP contribution >= 0.6 is 22.9 Å². The van der Waals surface area contributed by atoms with Gasteiger partial charge in [0, 0.05) is 11.8 Å². The summed E-state index contributed by atoms with van der Waals surface area (Å²) in [6.45, 7) is 6.19. The number of ether oxygens (including phenoxy) is 2. The molecule has 2 aliphatic heterocycles. The molecule has 7 nitrogen and oxygen atoms in total. The van der Waals surface area contributed by atoms with Crippen molar-refractivity contribution in [1.82, 2.24) is 4.57 Å². The number of carbonyl (C=O) groups excluding carboxylic acids is 1. The van der Waals surface area contributed by atoms with Crippen molar-refractivity contribution in [2.75, 3.05) is 12.1 Å². The van der Waals surface area contributed by atoms with Crippen LogP contribution in [0.5, 0.6) is 11.5 Å². The molecule has 4 aromatic rings. The lowest BCUT2D eigenvalue weighted by Gasteiger charge is -2.25. The van der Waals surface area contributed by atoms with Crippen molar-refractivity contribution in [1.29, 1.82) is 0 Å². The Kier molecular flexibility index (Phi) is 6.82. The highest BCUT2D eigenvalue weighted by atomic mass is 35.5. The van der Waals surface area contributed by atoms with E-state index in [9.17, 15) is 9.59 Å². The molecule has 1 aromatic heterocycles. The Morgan fingerprint density at radius 1 is 1.10 bits per heavy atom. The summed E-state index contributed by atoms with van der Waals surface area (Å²) < 4.78 is 13.0. The number of hydrogen-bond acceptors (Lipinski definition) is 6. The van der Waals surface area contributed by atoms with E-state index in [1.807, 2.05) is 54.6 Å². The Morgan fingerprint density at radius 2 is 1.80 bits per heavy atom. The molecule has 0 bridgehead atoms. The molecule has 3 heterocycles. The molecule has 1 N–H and O–H groups in total. The smallest absolute Gasteiger partial charge is 0.271 e. The van der Waals surface area contributed by atoms with Crippen LogP contribution in [0.1, 0.15) is 49.4 Å². The molecule has 202 valence electrons. The second kappa shape index (κ2) is 10.4. The second-order valence-corrected chi connectivity index (χ2v) is 11.4. The Balaban J connectivity index is 1.50. The highest BCUT2D eigenvalue weighted by Crippen LogP contribution is 2.37. The third kappa shape index (κ3) is 4.74. The molecule has 6 rings (SSSR count). The minimum atomic E-state index is -0.657. The van der Waals surface area contributed by atoms with Gasteiger partial charge >= 0.3 is 0 Å². The lowest BCUT2D eigenvalue weighted by molar-refractivity contribution is -0.113.